The van der Waals surface area contributed by atoms with E-state index in [1.807, 2.05) is 0 Å². The van der Waals surface area contributed by atoms with Crippen molar-refractivity contribution in [2.24, 2.45) is 0 Å². The first-order valence-corrected chi connectivity index (χ1v) is 5.88. The van der Waals surface area contributed by atoms with Crippen LogP contribution in [-0.4, -0.2) is 64.9 Å². The Morgan fingerprint density at radius 3 is 2.53 bits per heavy atom. The van der Waals surface area contributed by atoms with E-state index >= 15 is 0 Å². The summed E-state index contributed by atoms with van der Waals surface area (Å²) in [5, 5.41) is 11.1. The van der Waals surface area contributed by atoms with Crippen LogP contribution in [0.25, 0.3) is 0 Å². The zero-order valence-electron chi connectivity index (χ0n) is 10.9. The number of nitrogens with zero attached hydrogens (tertiary/aromatic N) is 2. The number of hydrogen-bond donors (Lipinski definition) is 2. The van der Waals surface area contributed by atoms with E-state index < -0.39 is 23.8 Å². The topological polar surface area (TPSA) is 107 Å². The third kappa shape index (κ3) is 4.23. The molecule has 1 aliphatic rings. The fraction of sp³-hybridized carbons (Fsp3) is 0.636. The molecule has 1 saturated heterocycles. The Bertz CT molecular complexity index is 409. The Morgan fingerprint density at radius 1 is 1.42 bits per heavy atom. The fourth-order valence-corrected chi connectivity index (χ4v) is 1.70. The molecule has 0 aromatic carbocycles. The highest BCUT2D eigenvalue weighted by Gasteiger charge is 2.34. The van der Waals surface area contributed by atoms with Crippen LogP contribution < -0.4 is 5.32 Å². The molecule has 0 aliphatic carbocycles. The maximum absolute atomic E-state index is 11.6. The number of rotatable bonds is 6. The van der Waals surface area contributed by atoms with Gasteiger partial charge in [0.1, 0.15) is 13.1 Å². The zero-order valence-corrected chi connectivity index (χ0v) is 10.9. The fourth-order valence-electron chi connectivity index (χ4n) is 1.70. The van der Waals surface area contributed by atoms with Gasteiger partial charge in [-0.3, -0.25) is 19.3 Å². The van der Waals surface area contributed by atoms with Crippen LogP contribution in [0.5, 0.6) is 0 Å². The summed E-state index contributed by atoms with van der Waals surface area (Å²) < 4.78 is 0. The molecular weight excluding hydrogens is 254 g/mol. The van der Waals surface area contributed by atoms with Crippen LogP contribution in [0.3, 0.4) is 0 Å². The first-order valence-electron chi connectivity index (χ1n) is 5.88. The van der Waals surface area contributed by atoms with Crippen LogP contribution in [-0.2, 0) is 14.4 Å². The summed E-state index contributed by atoms with van der Waals surface area (Å²) in [5.74, 6) is -1.83. The Kier molecular flexibility index (Phi) is 4.85. The molecule has 8 heteroatoms. The van der Waals surface area contributed by atoms with Gasteiger partial charge in [0.25, 0.3) is 5.91 Å². The molecule has 1 atom stereocenters. The van der Waals surface area contributed by atoms with Crippen molar-refractivity contribution in [3.8, 4) is 0 Å². The average molecular weight is 271 g/mol. The molecule has 1 rings (SSSR count). The summed E-state index contributed by atoms with van der Waals surface area (Å²) in [6.45, 7) is 1.31. The lowest BCUT2D eigenvalue weighted by Crippen LogP contribution is -2.43. The van der Waals surface area contributed by atoms with Crippen molar-refractivity contribution < 1.29 is 24.3 Å². The summed E-state index contributed by atoms with van der Waals surface area (Å²) in [4.78, 5) is 47.1. The van der Waals surface area contributed by atoms with E-state index in [1.54, 1.807) is 6.92 Å². The number of carboxylic acid groups (broad SMARTS) is 1. The van der Waals surface area contributed by atoms with E-state index in [2.05, 4.69) is 5.32 Å². The SMILES string of the molecule is CC(CCC(=O)O)NC(=O)CN1C(=O)CN(C)C1=O. The van der Waals surface area contributed by atoms with Gasteiger partial charge in [0, 0.05) is 19.5 Å². The molecule has 8 nitrogen and oxygen atoms in total. The predicted octanol–water partition coefficient (Wildman–Crippen LogP) is -0.750. The number of nitrogens with one attached hydrogen (secondary N) is 1. The molecule has 1 heterocycles. The molecule has 1 fully saturated rings. The van der Waals surface area contributed by atoms with Crippen LogP contribution in [0.1, 0.15) is 19.8 Å². The van der Waals surface area contributed by atoms with E-state index in [4.69, 9.17) is 5.11 Å². The van der Waals surface area contributed by atoms with Gasteiger partial charge in [-0.05, 0) is 13.3 Å². The number of carboxylic acids is 1. The van der Waals surface area contributed by atoms with Gasteiger partial charge in [0.2, 0.25) is 5.91 Å². The smallest absolute Gasteiger partial charge is 0.327 e. The van der Waals surface area contributed by atoms with Gasteiger partial charge in [0.15, 0.2) is 0 Å². The third-order valence-corrected chi connectivity index (χ3v) is 2.73. The number of aliphatic carboxylic acids is 1. The molecular formula is C11H17N3O5. The lowest BCUT2D eigenvalue weighted by molar-refractivity contribution is -0.137. The number of likely N-dealkylation sites (N-methyl/N-ethyl adjacent to an activating group) is 1. The van der Waals surface area contributed by atoms with Gasteiger partial charge < -0.3 is 15.3 Å². The minimum absolute atomic E-state index is 0.0271. The summed E-state index contributed by atoms with van der Waals surface area (Å²) in [5.41, 5.74) is 0. The largest absolute Gasteiger partial charge is 0.481 e. The number of imide groups is 1. The van der Waals surface area contributed by atoms with Crippen molar-refractivity contribution in [3.63, 3.8) is 0 Å². The number of carbonyl (C=O) groups excluding carboxylic acids is 3. The highest BCUT2D eigenvalue weighted by molar-refractivity contribution is 6.04. The van der Waals surface area contributed by atoms with Gasteiger partial charge in [-0.25, -0.2) is 4.79 Å². The molecule has 1 aliphatic heterocycles. The third-order valence-electron chi connectivity index (χ3n) is 2.73. The Morgan fingerprint density at radius 2 is 2.05 bits per heavy atom. The minimum atomic E-state index is -0.937. The first kappa shape index (κ1) is 14.9. The summed E-state index contributed by atoms with van der Waals surface area (Å²) in [6, 6.07) is -0.826. The van der Waals surface area contributed by atoms with E-state index in [1.165, 1.54) is 11.9 Å². The standard InChI is InChI=1S/C11H17N3O5/c1-7(3-4-10(17)18)12-8(15)5-14-9(16)6-13(2)11(14)19/h7H,3-6H2,1-2H3,(H,12,15)(H,17,18). The van der Waals surface area contributed by atoms with Gasteiger partial charge in [-0.15, -0.1) is 0 Å². The number of carbonyl (C=O) groups is 4. The molecule has 0 aromatic heterocycles. The maximum Gasteiger partial charge on any atom is 0.327 e. The van der Waals surface area contributed by atoms with E-state index in [-0.39, 0.29) is 25.6 Å². The molecule has 1 unspecified atom stereocenters. The lowest BCUT2D eigenvalue weighted by atomic mass is 10.2. The molecule has 106 valence electrons. The molecule has 0 radical (unpaired) electrons. The van der Waals surface area contributed by atoms with Crippen LogP contribution in [0.4, 0.5) is 4.79 Å². The molecule has 0 spiro atoms. The quantitative estimate of drug-likeness (QED) is 0.618. The van der Waals surface area contributed by atoms with Crippen molar-refractivity contribution in [2.75, 3.05) is 20.1 Å². The lowest BCUT2D eigenvalue weighted by Gasteiger charge is -2.16. The van der Waals surface area contributed by atoms with Crippen LogP contribution in [0, 0.1) is 0 Å². The van der Waals surface area contributed by atoms with Crippen molar-refractivity contribution in [2.45, 2.75) is 25.8 Å². The average Bonchev–Trinajstić information content (AvgIpc) is 2.53. The van der Waals surface area contributed by atoms with Crippen LogP contribution in [0.2, 0.25) is 0 Å². The number of amides is 4. The van der Waals surface area contributed by atoms with Crippen LogP contribution in [0.15, 0.2) is 0 Å². The monoisotopic (exact) mass is 271 g/mol. The molecule has 19 heavy (non-hydrogen) atoms. The molecule has 2 N–H and O–H groups in total. The minimum Gasteiger partial charge on any atom is -0.481 e. The van der Waals surface area contributed by atoms with Crippen molar-refractivity contribution in [1.29, 1.82) is 0 Å². The van der Waals surface area contributed by atoms with E-state index in [9.17, 15) is 19.2 Å². The Balaban J connectivity index is 2.41. The van der Waals surface area contributed by atoms with E-state index in [0.29, 0.717) is 6.42 Å². The van der Waals surface area contributed by atoms with Crippen LogP contribution >= 0.6 is 0 Å². The summed E-state index contributed by atoms with van der Waals surface area (Å²) >= 11 is 0. The molecule has 0 saturated carbocycles. The molecule has 0 aromatic rings. The normalized spacial score (nSPS) is 16.7. The Hall–Kier alpha value is -2.12. The van der Waals surface area contributed by atoms with Gasteiger partial charge in [0.05, 0.1) is 0 Å². The highest BCUT2D eigenvalue weighted by atomic mass is 16.4. The number of urea groups is 1. The predicted molar refractivity (Wildman–Crippen MR) is 64.2 cm³/mol. The summed E-state index contributed by atoms with van der Waals surface area (Å²) in [7, 11) is 1.48. The van der Waals surface area contributed by atoms with E-state index in [0.717, 1.165) is 4.90 Å². The maximum atomic E-state index is 11.6. The second-order valence-corrected chi connectivity index (χ2v) is 4.52. The second-order valence-electron chi connectivity index (χ2n) is 4.52. The van der Waals surface area contributed by atoms with Gasteiger partial charge in [-0.1, -0.05) is 0 Å². The van der Waals surface area contributed by atoms with Gasteiger partial charge >= 0.3 is 12.0 Å². The molecule has 4 amide bonds. The molecule has 0 bridgehead atoms. The first-order chi connectivity index (χ1) is 8.81. The Labute approximate surface area is 110 Å². The van der Waals surface area contributed by atoms with Crippen molar-refractivity contribution in [3.05, 3.63) is 0 Å². The highest BCUT2D eigenvalue weighted by Crippen LogP contribution is 2.07. The van der Waals surface area contributed by atoms with Gasteiger partial charge in [-0.2, -0.15) is 0 Å². The second kappa shape index (κ2) is 6.17. The summed E-state index contributed by atoms with van der Waals surface area (Å²) in [6.07, 6.45) is 0.245. The number of hydrogen-bond acceptors (Lipinski definition) is 4. The zero-order chi connectivity index (χ0) is 14.6. The van der Waals surface area contributed by atoms with Crippen molar-refractivity contribution in [1.82, 2.24) is 15.1 Å². The van der Waals surface area contributed by atoms with Crippen molar-refractivity contribution >= 4 is 23.8 Å².